The molecule has 4 nitrogen and oxygen atoms in total. The van der Waals surface area contributed by atoms with Gasteiger partial charge < -0.3 is 14.6 Å². The molecule has 1 N–H and O–H groups in total. The molecule has 35 heavy (non-hydrogen) atoms. The van der Waals surface area contributed by atoms with Crippen LogP contribution in [0, 0.1) is 17.7 Å². The first-order valence-corrected chi connectivity index (χ1v) is 13.0. The van der Waals surface area contributed by atoms with E-state index in [2.05, 4.69) is 23.8 Å². The Bertz CT molecular complexity index is 853. The number of hydrogen-bond donors (Lipinski definition) is 1. The van der Waals surface area contributed by atoms with Crippen LogP contribution < -0.4 is 0 Å². The molecule has 194 valence electrons. The molecule has 0 radical (unpaired) electrons. The summed E-state index contributed by atoms with van der Waals surface area (Å²) in [5.41, 5.74) is 0.815. The van der Waals surface area contributed by atoms with Gasteiger partial charge >= 0.3 is 5.97 Å². The maximum absolute atomic E-state index is 14.4. The molecule has 0 spiro atoms. The Morgan fingerprint density at radius 1 is 1.26 bits per heavy atom. The van der Waals surface area contributed by atoms with Crippen LogP contribution >= 0.6 is 0 Å². The highest BCUT2D eigenvalue weighted by atomic mass is 19.1. The first-order valence-electron chi connectivity index (χ1n) is 13.0. The van der Waals surface area contributed by atoms with Gasteiger partial charge in [-0.1, -0.05) is 62.6 Å². The number of rotatable bonds is 14. The molecule has 1 aromatic carbocycles. The summed E-state index contributed by atoms with van der Waals surface area (Å²) in [4.78, 5) is 11.3. The summed E-state index contributed by atoms with van der Waals surface area (Å²) >= 11 is 0. The fourth-order valence-electron chi connectivity index (χ4n) is 5.65. The van der Waals surface area contributed by atoms with Crippen molar-refractivity contribution in [3.63, 3.8) is 0 Å². The summed E-state index contributed by atoms with van der Waals surface area (Å²) in [7, 11) is 1.39. The highest BCUT2D eigenvalue weighted by molar-refractivity contribution is 5.69. The average Bonchev–Trinajstić information content (AvgIpc) is 3.43. The van der Waals surface area contributed by atoms with E-state index in [1.165, 1.54) is 19.2 Å². The van der Waals surface area contributed by atoms with Crippen molar-refractivity contribution in [2.24, 2.45) is 11.8 Å². The second kappa shape index (κ2) is 13.3. The van der Waals surface area contributed by atoms with Gasteiger partial charge in [0.15, 0.2) is 0 Å². The van der Waals surface area contributed by atoms with E-state index in [0.717, 1.165) is 50.5 Å². The number of aliphatic hydroxyl groups excluding tert-OH is 1. The molecule has 1 aliphatic heterocycles. The number of methoxy groups -OCH3 is 1. The van der Waals surface area contributed by atoms with Crippen LogP contribution in [0.1, 0.15) is 70.3 Å². The standard InChI is InChI=1S/C29H40F2O4/c1-3-4-7-11-25(31)26(32)18-17-23-24(10-8-5-6-9-12-28(33)34-2)29(19-27(23)35-20-29)21-13-15-22(30)16-14-21/h5,8,13-18,23-27,32H,3-4,6-7,9-12,19-20H2,1-2H3/t23-,24-,25?,26-,27-,29-/m0/s1. The van der Waals surface area contributed by atoms with Gasteiger partial charge in [-0.2, -0.15) is 0 Å². The van der Waals surface area contributed by atoms with Gasteiger partial charge in [-0.05, 0) is 55.7 Å². The number of alkyl halides is 1. The lowest BCUT2D eigenvalue weighted by atomic mass is 9.69. The minimum atomic E-state index is -1.27. The van der Waals surface area contributed by atoms with Gasteiger partial charge in [-0.3, -0.25) is 4.79 Å². The lowest BCUT2D eigenvalue weighted by Crippen LogP contribution is -2.39. The third kappa shape index (κ3) is 7.01. The number of aliphatic hydroxyl groups is 1. The van der Waals surface area contributed by atoms with Crippen molar-refractivity contribution in [1.82, 2.24) is 0 Å². The van der Waals surface area contributed by atoms with Crippen molar-refractivity contribution in [2.45, 2.75) is 88.5 Å². The Hall–Kier alpha value is -2.05. The zero-order valence-electron chi connectivity index (χ0n) is 21.0. The van der Waals surface area contributed by atoms with Gasteiger partial charge in [0.1, 0.15) is 18.1 Å². The van der Waals surface area contributed by atoms with Crippen molar-refractivity contribution < 1.29 is 28.2 Å². The van der Waals surface area contributed by atoms with Gasteiger partial charge in [0.05, 0.1) is 19.8 Å². The minimum absolute atomic E-state index is 0.0145. The van der Waals surface area contributed by atoms with Crippen molar-refractivity contribution in [3.8, 4) is 0 Å². The third-order valence-electron chi connectivity index (χ3n) is 7.66. The van der Waals surface area contributed by atoms with E-state index >= 15 is 0 Å². The molecule has 6 atom stereocenters. The quantitative estimate of drug-likeness (QED) is 0.191. The molecule has 1 aromatic rings. The molecule has 1 unspecified atom stereocenters. The first-order chi connectivity index (χ1) is 16.9. The van der Waals surface area contributed by atoms with E-state index in [4.69, 9.17) is 4.74 Å². The summed E-state index contributed by atoms with van der Waals surface area (Å²) in [5, 5.41) is 10.4. The van der Waals surface area contributed by atoms with Crippen LogP contribution in [0.5, 0.6) is 0 Å². The number of hydrogen-bond acceptors (Lipinski definition) is 4. The van der Waals surface area contributed by atoms with Crippen LogP contribution in [0.2, 0.25) is 0 Å². The summed E-state index contributed by atoms with van der Waals surface area (Å²) in [6, 6.07) is 6.68. The number of unbranched alkanes of at least 4 members (excludes halogenated alkanes) is 3. The Morgan fingerprint density at radius 3 is 2.74 bits per heavy atom. The average molecular weight is 491 g/mol. The fraction of sp³-hybridized carbons (Fsp3) is 0.621. The summed E-state index contributed by atoms with van der Waals surface area (Å²) in [6.45, 7) is 2.64. The van der Waals surface area contributed by atoms with Gasteiger partial charge in [0, 0.05) is 17.8 Å². The molecule has 2 fully saturated rings. The summed E-state index contributed by atoms with van der Waals surface area (Å²) < 4.78 is 38.9. The second-order valence-corrected chi connectivity index (χ2v) is 9.96. The summed E-state index contributed by atoms with van der Waals surface area (Å²) in [6.07, 6.45) is 12.0. The van der Waals surface area contributed by atoms with Crippen LogP contribution in [0.3, 0.4) is 0 Å². The topological polar surface area (TPSA) is 55.8 Å². The predicted molar refractivity (Wildman–Crippen MR) is 133 cm³/mol. The zero-order chi connectivity index (χ0) is 25.3. The highest BCUT2D eigenvalue weighted by Gasteiger charge is 2.58. The van der Waals surface area contributed by atoms with Crippen molar-refractivity contribution in [3.05, 3.63) is 60.0 Å². The van der Waals surface area contributed by atoms with Gasteiger partial charge in [-0.15, -0.1) is 0 Å². The highest BCUT2D eigenvalue weighted by Crippen LogP contribution is 2.57. The lowest BCUT2D eigenvalue weighted by Gasteiger charge is -2.38. The van der Waals surface area contributed by atoms with Crippen LogP contribution in [0.15, 0.2) is 48.6 Å². The number of esters is 1. The molecule has 1 saturated carbocycles. The third-order valence-corrected chi connectivity index (χ3v) is 7.66. The fourth-order valence-corrected chi connectivity index (χ4v) is 5.65. The van der Waals surface area contributed by atoms with Crippen molar-refractivity contribution in [2.75, 3.05) is 13.7 Å². The number of ether oxygens (including phenoxy) is 2. The molecule has 1 heterocycles. The van der Waals surface area contributed by atoms with Crippen molar-refractivity contribution in [1.29, 1.82) is 0 Å². The van der Waals surface area contributed by atoms with Gasteiger partial charge in [0.2, 0.25) is 0 Å². The monoisotopic (exact) mass is 490 g/mol. The van der Waals surface area contributed by atoms with E-state index in [9.17, 15) is 18.7 Å². The molecule has 1 saturated heterocycles. The molecule has 3 rings (SSSR count). The SMILES string of the molecule is CCCCCC(F)[C@@H](O)C=C[C@@H]1[C@@H]2C[C@@](c3ccc(F)cc3)(CO2)[C@H]1CC=CCCCC(=O)OC. The summed E-state index contributed by atoms with van der Waals surface area (Å²) in [5.74, 6) is -0.253. The maximum Gasteiger partial charge on any atom is 0.305 e. The normalized spacial score (nSPS) is 27.6. The Balaban J connectivity index is 1.72. The van der Waals surface area contributed by atoms with Gasteiger partial charge in [0.25, 0.3) is 0 Å². The smallest absolute Gasteiger partial charge is 0.305 e. The molecule has 2 aliphatic rings. The van der Waals surface area contributed by atoms with E-state index in [0.29, 0.717) is 19.4 Å². The minimum Gasteiger partial charge on any atom is -0.469 e. The van der Waals surface area contributed by atoms with E-state index < -0.39 is 12.3 Å². The van der Waals surface area contributed by atoms with Crippen LogP contribution in [-0.4, -0.2) is 43.2 Å². The Kier molecular flexibility index (Phi) is 10.5. The van der Waals surface area contributed by atoms with Crippen molar-refractivity contribution >= 4 is 5.97 Å². The molecule has 2 bridgehead atoms. The first kappa shape index (κ1) is 27.5. The Morgan fingerprint density at radius 2 is 2.03 bits per heavy atom. The van der Waals surface area contributed by atoms with Crippen LogP contribution in [0.25, 0.3) is 0 Å². The largest absolute Gasteiger partial charge is 0.469 e. The maximum atomic E-state index is 14.4. The zero-order valence-corrected chi connectivity index (χ0v) is 21.0. The molecular formula is C29H40F2O4. The predicted octanol–water partition coefficient (Wildman–Crippen LogP) is 6.22. The van der Waals surface area contributed by atoms with E-state index in [1.807, 2.05) is 18.2 Å². The molecule has 0 amide bonds. The number of fused-ring (bicyclic) bond motifs is 2. The number of carbonyl (C=O) groups is 1. The van der Waals surface area contributed by atoms with Gasteiger partial charge in [-0.25, -0.2) is 8.78 Å². The van der Waals surface area contributed by atoms with E-state index in [1.54, 1.807) is 6.08 Å². The number of halogens is 2. The molecule has 0 aromatic heterocycles. The number of allylic oxidation sites excluding steroid dienone is 2. The number of carbonyl (C=O) groups excluding carboxylic acids is 1. The Labute approximate surface area is 208 Å². The lowest BCUT2D eigenvalue weighted by molar-refractivity contribution is -0.140. The second-order valence-electron chi connectivity index (χ2n) is 9.96. The molecule has 1 aliphatic carbocycles. The van der Waals surface area contributed by atoms with E-state index in [-0.39, 0.29) is 35.1 Å². The van der Waals surface area contributed by atoms with Crippen LogP contribution in [-0.2, 0) is 19.7 Å². The molecule has 6 heteroatoms. The van der Waals surface area contributed by atoms with Crippen LogP contribution in [0.4, 0.5) is 8.78 Å². The molecular weight excluding hydrogens is 450 g/mol. The number of benzene rings is 1.